The molecule has 2 fully saturated rings. The number of carbonyl (C=O) groups excluding carboxylic acids is 1. The summed E-state index contributed by atoms with van der Waals surface area (Å²) in [5.74, 6) is 2.15. The van der Waals surface area contributed by atoms with Crippen LogP contribution in [0.3, 0.4) is 0 Å². The molecule has 0 unspecified atom stereocenters. The lowest BCUT2D eigenvalue weighted by atomic mass is 9.97. The van der Waals surface area contributed by atoms with E-state index in [0.717, 1.165) is 63.9 Å². The maximum Gasteiger partial charge on any atom is 0.272 e. The number of carbonyl (C=O) groups is 1. The zero-order chi connectivity index (χ0) is 18.6. The van der Waals surface area contributed by atoms with Crippen LogP contribution in [0.4, 0.5) is 0 Å². The first kappa shape index (κ1) is 18.1. The number of rotatable bonds is 4. The molecule has 144 valence electrons. The fraction of sp³-hybridized carbons (Fsp3) is 0.579. The Bertz CT molecular complexity index is 772. The van der Waals surface area contributed by atoms with Crippen molar-refractivity contribution >= 4 is 5.91 Å². The molecule has 2 aliphatic rings. The summed E-state index contributed by atoms with van der Waals surface area (Å²) in [6, 6.07) is 5.45. The number of nitrogens with zero attached hydrogens (tertiary/aromatic N) is 6. The third kappa shape index (κ3) is 4.01. The molecule has 4 rings (SSSR count). The van der Waals surface area contributed by atoms with Gasteiger partial charge in [-0.3, -0.25) is 14.7 Å². The Kier molecular flexibility index (Phi) is 5.45. The van der Waals surface area contributed by atoms with E-state index in [1.54, 1.807) is 12.3 Å². The van der Waals surface area contributed by atoms with Gasteiger partial charge in [-0.15, -0.1) is 10.2 Å². The van der Waals surface area contributed by atoms with Gasteiger partial charge in [0.05, 0.1) is 19.8 Å². The molecule has 0 spiro atoms. The van der Waals surface area contributed by atoms with Gasteiger partial charge in [-0.25, -0.2) is 0 Å². The van der Waals surface area contributed by atoms with Crippen molar-refractivity contribution in [2.45, 2.75) is 25.3 Å². The van der Waals surface area contributed by atoms with Crippen molar-refractivity contribution in [3.63, 3.8) is 0 Å². The standard InChI is InChI=1S/C19H26N6O2/c1-23-17(14-24-9-11-27-12-10-24)21-22-18(23)15-5-4-8-25(13-15)19(26)16-6-2-3-7-20-16/h2-3,6-7,15H,4-5,8-14H2,1H3/t15-/m1/s1. The molecule has 27 heavy (non-hydrogen) atoms. The molecule has 1 amide bonds. The summed E-state index contributed by atoms with van der Waals surface area (Å²) in [4.78, 5) is 21.2. The summed E-state index contributed by atoms with van der Waals surface area (Å²) < 4.78 is 7.52. The maximum atomic E-state index is 12.7. The molecule has 8 nitrogen and oxygen atoms in total. The largest absolute Gasteiger partial charge is 0.379 e. The highest BCUT2D eigenvalue weighted by Crippen LogP contribution is 2.26. The molecule has 4 heterocycles. The lowest BCUT2D eigenvalue weighted by molar-refractivity contribution is 0.0326. The Balaban J connectivity index is 1.44. The van der Waals surface area contributed by atoms with Crippen LogP contribution in [0, 0.1) is 0 Å². The first-order valence-electron chi connectivity index (χ1n) is 9.61. The molecule has 2 aromatic rings. The van der Waals surface area contributed by atoms with Crippen molar-refractivity contribution in [3.05, 3.63) is 41.7 Å². The molecule has 0 radical (unpaired) electrons. The average molecular weight is 370 g/mol. The highest BCUT2D eigenvalue weighted by Gasteiger charge is 2.29. The molecular formula is C19H26N6O2. The number of pyridine rings is 1. The summed E-state index contributed by atoms with van der Waals surface area (Å²) in [7, 11) is 2.03. The SMILES string of the molecule is Cn1c(CN2CCOCC2)nnc1[C@@H]1CCCN(C(=O)c2ccccn2)C1. The molecule has 1 atom stereocenters. The van der Waals surface area contributed by atoms with Crippen LogP contribution in [0.25, 0.3) is 0 Å². The summed E-state index contributed by atoms with van der Waals surface area (Å²) >= 11 is 0. The Morgan fingerprint density at radius 2 is 2.07 bits per heavy atom. The maximum absolute atomic E-state index is 12.7. The molecule has 0 aromatic carbocycles. The van der Waals surface area contributed by atoms with Gasteiger partial charge >= 0.3 is 0 Å². The lowest BCUT2D eigenvalue weighted by Crippen LogP contribution is -2.40. The van der Waals surface area contributed by atoms with Gasteiger partial charge in [0.15, 0.2) is 0 Å². The Hall–Kier alpha value is -2.32. The predicted molar refractivity (Wildman–Crippen MR) is 99.2 cm³/mol. The van der Waals surface area contributed by atoms with Gasteiger partial charge in [0, 0.05) is 45.3 Å². The van der Waals surface area contributed by atoms with Crippen molar-refractivity contribution < 1.29 is 9.53 Å². The molecule has 0 saturated carbocycles. The summed E-state index contributed by atoms with van der Waals surface area (Å²) in [5, 5.41) is 8.90. The van der Waals surface area contributed by atoms with Crippen LogP contribution < -0.4 is 0 Å². The number of aromatic nitrogens is 4. The normalized spacial score (nSPS) is 21.4. The van der Waals surface area contributed by atoms with Gasteiger partial charge in [-0.2, -0.15) is 0 Å². The van der Waals surface area contributed by atoms with Crippen LogP contribution in [0.15, 0.2) is 24.4 Å². The van der Waals surface area contributed by atoms with Crippen LogP contribution in [-0.2, 0) is 18.3 Å². The lowest BCUT2D eigenvalue weighted by Gasteiger charge is -2.32. The molecular weight excluding hydrogens is 344 g/mol. The minimum Gasteiger partial charge on any atom is -0.379 e. The van der Waals surface area contributed by atoms with E-state index in [9.17, 15) is 4.79 Å². The Labute approximate surface area is 159 Å². The van der Waals surface area contributed by atoms with E-state index in [0.29, 0.717) is 12.2 Å². The van der Waals surface area contributed by atoms with E-state index in [1.807, 2.05) is 24.1 Å². The molecule has 0 N–H and O–H groups in total. The summed E-state index contributed by atoms with van der Waals surface area (Å²) in [5.41, 5.74) is 0.504. The number of hydrogen-bond acceptors (Lipinski definition) is 6. The predicted octanol–water partition coefficient (Wildman–Crippen LogP) is 1.06. The van der Waals surface area contributed by atoms with Crippen LogP contribution in [-0.4, -0.2) is 74.8 Å². The first-order chi connectivity index (χ1) is 13.2. The van der Waals surface area contributed by atoms with E-state index >= 15 is 0 Å². The summed E-state index contributed by atoms with van der Waals surface area (Å²) in [6.07, 6.45) is 3.65. The van der Waals surface area contributed by atoms with Gasteiger partial charge < -0.3 is 14.2 Å². The molecule has 2 saturated heterocycles. The van der Waals surface area contributed by atoms with Crippen LogP contribution in [0.5, 0.6) is 0 Å². The van der Waals surface area contributed by atoms with Crippen LogP contribution in [0.2, 0.25) is 0 Å². The second kappa shape index (κ2) is 8.14. The number of piperidine rings is 1. The van der Waals surface area contributed by atoms with Gasteiger partial charge in [-0.1, -0.05) is 6.07 Å². The first-order valence-corrected chi connectivity index (χ1v) is 9.61. The smallest absolute Gasteiger partial charge is 0.272 e. The topological polar surface area (TPSA) is 76.4 Å². The minimum absolute atomic E-state index is 0.00370. The minimum atomic E-state index is -0.00370. The van der Waals surface area contributed by atoms with Crippen molar-refractivity contribution in [2.75, 3.05) is 39.4 Å². The van der Waals surface area contributed by atoms with Gasteiger partial charge in [0.2, 0.25) is 0 Å². The molecule has 2 aliphatic heterocycles. The van der Waals surface area contributed by atoms with Crippen LogP contribution in [0.1, 0.15) is 40.9 Å². The second-order valence-electron chi connectivity index (χ2n) is 7.23. The highest BCUT2D eigenvalue weighted by atomic mass is 16.5. The number of amides is 1. The number of hydrogen-bond donors (Lipinski definition) is 0. The number of likely N-dealkylation sites (tertiary alicyclic amines) is 1. The number of morpholine rings is 1. The Morgan fingerprint density at radius 3 is 2.85 bits per heavy atom. The monoisotopic (exact) mass is 370 g/mol. The van der Waals surface area contributed by atoms with Crippen molar-refractivity contribution in [1.29, 1.82) is 0 Å². The molecule has 2 aromatic heterocycles. The quantitative estimate of drug-likeness (QED) is 0.801. The summed E-state index contributed by atoms with van der Waals surface area (Å²) in [6.45, 7) is 5.63. The van der Waals surface area contributed by atoms with E-state index in [2.05, 4.69) is 24.6 Å². The van der Waals surface area contributed by atoms with Crippen LogP contribution >= 0.6 is 0 Å². The fourth-order valence-corrected chi connectivity index (χ4v) is 3.85. The van der Waals surface area contributed by atoms with Crippen molar-refractivity contribution in [3.8, 4) is 0 Å². The zero-order valence-corrected chi connectivity index (χ0v) is 15.8. The van der Waals surface area contributed by atoms with Crippen molar-refractivity contribution in [2.24, 2.45) is 7.05 Å². The average Bonchev–Trinajstić information content (AvgIpc) is 3.09. The van der Waals surface area contributed by atoms with Gasteiger partial charge in [0.1, 0.15) is 17.3 Å². The molecule has 0 aliphatic carbocycles. The number of ether oxygens (including phenoxy) is 1. The third-order valence-corrected chi connectivity index (χ3v) is 5.43. The van der Waals surface area contributed by atoms with E-state index in [-0.39, 0.29) is 11.8 Å². The Morgan fingerprint density at radius 1 is 1.22 bits per heavy atom. The molecule has 0 bridgehead atoms. The van der Waals surface area contributed by atoms with Gasteiger partial charge in [0.25, 0.3) is 5.91 Å². The zero-order valence-electron chi connectivity index (χ0n) is 15.8. The molecule has 8 heteroatoms. The highest BCUT2D eigenvalue weighted by molar-refractivity contribution is 5.92. The van der Waals surface area contributed by atoms with Crippen molar-refractivity contribution in [1.82, 2.24) is 29.5 Å². The second-order valence-corrected chi connectivity index (χ2v) is 7.23. The van der Waals surface area contributed by atoms with Gasteiger partial charge in [-0.05, 0) is 25.0 Å². The van der Waals surface area contributed by atoms with E-state index < -0.39 is 0 Å². The van der Waals surface area contributed by atoms with E-state index in [4.69, 9.17) is 4.74 Å². The third-order valence-electron chi connectivity index (χ3n) is 5.43. The van der Waals surface area contributed by atoms with E-state index in [1.165, 1.54) is 0 Å². The fourth-order valence-electron chi connectivity index (χ4n) is 3.85.